The van der Waals surface area contributed by atoms with Gasteiger partial charge in [-0.1, -0.05) is 25.1 Å². The number of hydrogen-bond donors (Lipinski definition) is 2. The number of amides is 1. The van der Waals surface area contributed by atoms with Crippen LogP contribution in [0.1, 0.15) is 50.4 Å². The van der Waals surface area contributed by atoms with Crippen LogP contribution in [0.3, 0.4) is 0 Å². The number of aliphatic hydroxyl groups is 1. The van der Waals surface area contributed by atoms with Crippen molar-refractivity contribution in [1.82, 2.24) is 9.21 Å². The molecule has 0 radical (unpaired) electrons. The van der Waals surface area contributed by atoms with Crippen molar-refractivity contribution in [2.24, 2.45) is 5.92 Å². The fraction of sp³-hybridized carbons (Fsp3) is 0.552. The van der Waals surface area contributed by atoms with Crippen molar-refractivity contribution in [1.29, 1.82) is 0 Å². The summed E-state index contributed by atoms with van der Waals surface area (Å²) < 4.78 is 66.4. The van der Waals surface area contributed by atoms with Gasteiger partial charge in [0.05, 0.1) is 41.6 Å². The minimum atomic E-state index is -3.92. The number of sulfonamides is 2. The zero-order chi connectivity index (χ0) is 31.1. The van der Waals surface area contributed by atoms with E-state index in [4.69, 9.17) is 9.47 Å². The summed E-state index contributed by atoms with van der Waals surface area (Å²) in [6, 6.07) is 11.9. The number of hydrogen-bond acceptors (Lipinski definition) is 8. The van der Waals surface area contributed by atoms with Gasteiger partial charge in [-0.15, -0.1) is 0 Å². The van der Waals surface area contributed by atoms with Crippen molar-refractivity contribution in [2.75, 3.05) is 44.3 Å². The zero-order valence-corrected chi connectivity index (χ0v) is 26.5. The first-order valence-corrected chi connectivity index (χ1v) is 17.4. The number of anilines is 1. The number of ether oxygens (including phenoxy) is 2. The molecule has 0 bridgehead atoms. The molecule has 0 unspecified atom stereocenters. The van der Waals surface area contributed by atoms with Crippen molar-refractivity contribution in [3.63, 3.8) is 0 Å². The average molecular weight is 626 g/mol. The summed E-state index contributed by atoms with van der Waals surface area (Å²) in [7, 11) is -5.89. The molecule has 11 nitrogen and oxygen atoms in total. The van der Waals surface area contributed by atoms with Crippen molar-refractivity contribution in [3.8, 4) is 5.75 Å². The van der Waals surface area contributed by atoms with Gasteiger partial charge in [-0.05, 0) is 63.4 Å². The highest BCUT2D eigenvalue weighted by Gasteiger charge is 2.31. The molecular weight excluding hydrogens is 582 g/mol. The number of aliphatic hydroxyl groups excluding tert-OH is 1. The summed E-state index contributed by atoms with van der Waals surface area (Å²) in [5.74, 6) is -0.462. The lowest BCUT2D eigenvalue weighted by atomic mass is 10.0. The number of rotatable bonds is 8. The molecule has 13 heteroatoms. The van der Waals surface area contributed by atoms with Gasteiger partial charge in [0.25, 0.3) is 15.9 Å². The molecule has 1 aliphatic rings. The van der Waals surface area contributed by atoms with Crippen molar-refractivity contribution in [2.45, 2.75) is 63.2 Å². The molecule has 2 aromatic carbocycles. The maximum Gasteiger partial charge on any atom is 0.261 e. The SMILES string of the molecule is C[C@@H]1CCCCO[C@H](CN(C)S(C)(=O)=O)[C@@H](C)CN([C@H](C)CO)C(=O)c2cc(NS(=O)(=O)c3ccccc3)ccc2O1. The van der Waals surface area contributed by atoms with E-state index >= 15 is 0 Å². The number of nitrogens with one attached hydrogen (secondary N) is 1. The Balaban J connectivity index is 2.02. The second kappa shape index (κ2) is 14.6. The largest absolute Gasteiger partial charge is 0.490 e. The Morgan fingerprint density at radius 1 is 1.10 bits per heavy atom. The molecule has 0 aliphatic carbocycles. The van der Waals surface area contributed by atoms with Crippen LogP contribution < -0.4 is 9.46 Å². The van der Waals surface area contributed by atoms with E-state index in [2.05, 4.69) is 4.72 Å². The lowest BCUT2D eigenvalue weighted by molar-refractivity contribution is -0.00828. The van der Waals surface area contributed by atoms with Crippen molar-refractivity contribution in [3.05, 3.63) is 54.1 Å². The average Bonchev–Trinajstić information content (AvgIpc) is 2.94. The molecule has 0 aromatic heterocycles. The first kappa shape index (κ1) is 33.8. The van der Waals surface area contributed by atoms with E-state index in [9.17, 15) is 26.7 Å². The molecule has 0 saturated carbocycles. The van der Waals surface area contributed by atoms with E-state index in [1.54, 1.807) is 37.3 Å². The molecular formula is C29H43N3O8S2. The molecule has 0 fully saturated rings. The van der Waals surface area contributed by atoms with Gasteiger partial charge in [-0.25, -0.2) is 21.1 Å². The maximum absolute atomic E-state index is 14.1. The Hall–Kier alpha value is -2.71. The number of likely N-dealkylation sites (N-methyl/N-ethyl adjacent to an activating group) is 1. The molecule has 42 heavy (non-hydrogen) atoms. The van der Waals surface area contributed by atoms with Crippen molar-refractivity contribution >= 4 is 31.6 Å². The number of carbonyl (C=O) groups is 1. The van der Waals surface area contributed by atoms with Crippen LogP contribution in [-0.4, -0.2) is 94.9 Å². The monoisotopic (exact) mass is 625 g/mol. The predicted octanol–water partition coefficient (Wildman–Crippen LogP) is 3.17. The highest BCUT2D eigenvalue weighted by atomic mass is 32.2. The maximum atomic E-state index is 14.1. The van der Waals surface area contributed by atoms with E-state index in [0.717, 1.165) is 19.1 Å². The lowest BCUT2D eigenvalue weighted by Gasteiger charge is -2.35. The van der Waals surface area contributed by atoms with Crippen LogP contribution in [0.2, 0.25) is 0 Å². The van der Waals surface area contributed by atoms with E-state index in [1.165, 1.54) is 34.5 Å². The molecule has 3 rings (SSSR count). The normalized spacial score (nSPS) is 22.1. The second-order valence-corrected chi connectivity index (χ2v) is 14.7. The van der Waals surface area contributed by atoms with Crippen LogP contribution in [0.15, 0.2) is 53.4 Å². The van der Waals surface area contributed by atoms with Gasteiger partial charge in [-0.2, -0.15) is 0 Å². The summed E-state index contributed by atoms with van der Waals surface area (Å²) in [4.78, 5) is 15.7. The van der Waals surface area contributed by atoms with Gasteiger partial charge in [0.1, 0.15) is 5.75 Å². The molecule has 234 valence electrons. The van der Waals surface area contributed by atoms with E-state index < -0.39 is 38.1 Å². The first-order valence-electron chi connectivity index (χ1n) is 14.1. The Kier molecular flexibility index (Phi) is 11.8. The minimum absolute atomic E-state index is 0.0794. The number of carbonyl (C=O) groups excluding carboxylic acids is 1. The third-order valence-corrected chi connectivity index (χ3v) is 10.0. The predicted molar refractivity (Wildman–Crippen MR) is 162 cm³/mol. The fourth-order valence-corrected chi connectivity index (χ4v) is 6.14. The summed E-state index contributed by atoms with van der Waals surface area (Å²) in [5.41, 5.74) is 0.328. The van der Waals surface area contributed by atoms with Crippen LogP contribution in [0.25, 0.3) is 0 Å². The number of nitrogens with zero attached hydrogens (tertiary/aromatic N) is 2. The highest BCUT2D eigenvalue weighted by molar-refractivity contribution is 7.92. The molecule has 1 heterocycles. The Bertz CT molecular complexity index is 1400. The molecule has 4 atom stereocenters. The van der Waals surface area contributed by atoms with Gasteiger partial charge < -0.3 is 19.5 Å². The molecule has 0 saturated heterocycles. The van der Waals surface area contributed by atoms with Gasteiger partial charge in [0, 0.05) is 38.3 Å². The van der Waals surface area contributed by atoms with Crippen LogP contribution >= 0.6 is 0 Å². The smallest absolute Gasteiger partial charge is 0.261 e. The summed E-state index contributed by atoms with van der Waals surface area (Å²) in [6.45, 7) is 5.84. The zero-order valence-electron chi connectivity index (χ0n) is 24.9. The highest BCUT2D eigenvalue weighted by Crippen LogP contribution is 2.29. The van der Waals surface area contributed by atoms with Crippen LogP contribution in [0.5, 0.6) is 5.75 Å². The van der Waals surface area contributed by atoms with Crippen LogP contribution in [-0.2, 0) is 24.8 Å². The minimum Gasteiger partial charge on any atom is -0.490 e. The van der Waals surface area contributed by atoms with E-state index in [0.29, 0.717) is 18.8 Å². The summed E-state index contributed by atoms with van der Waals surface area (Å²) in [6.07, 6.45) is 2.58. The molecule has 1 aliphatic heterocycles. The Labute approximate surface area is 249 Å². The third-order valence-electron chi connectivity index (χ3n) is 7.36. The Morgan fingerprint density at radius 3 is 2.43 bits per heavy atom. The van der Waals surface area contributed by atoms with Crippen molar-refractivity contribution < 1.29 is 36.2 Å². The fourth-order valence-electron chi connectivity index (χ4n) is 4.65. The molecule has 1 amide bonds. The van der Waals surface area contributed by atoms with Gasteiger partial charge in [0.2, 0.25) is 10.0 Å². The van der Waals surface area contributed by atoms with Gasteiger partial charge in [-0.3, -0.25) is 9.52 Å². The van der Waals surface area contributed by atoms with Gasteiger partial charge >= 0.3 is 0 Å². The molecule has 2 aromatic rings. The Morgan fingerprint density at radius 2 is 1.79 bits per heavy atom. The quantitative estimate of drug-likeness (QED) is 0.456. The topological polar surface area (TPSA) is 143 Å². The lowest BCUT2D eigenvalue weighted by Crippen LogP contribution is -2.47. The molecule has 0 spiro atoms. The second-order valence-electron chi connectivity index (χ2n) is 11.0. The molecule has 2 N–H and O–H groups in total. The van der Waals surface area contributed by atoms with E-state index in [1.807, 2.05) is 13.8 Å². The van der Waals surface area contributed by atoms with Gasteiger partial charge in [0.15, 0.2) is 0 Å². The standard InChI is InChI=1S/C29H43N3O8S2/c1-21-18-32(22(2)20-33)29(34)26-17-24(30-42(37,38)25-12-7-6-8-13-25)14-15-27(26)40-23(3)11-9-10-16-39-28(21)19-31(4)41(5,35)36/h6-8,12-15,17,21-23,28,30,33H,9-11,16,18-20H2,1-5H3/t21-,22+,23+,28+/m0/s1. The number of fused-ring (bicyclic) bond motifs is 1. The van der Waals surface area contributed by atoms with E-state index in [-0.39, 0.29) is 47.9 Å². The third kappa shape index (κ3) is 9.14. The van der Waals surface area contributed by atoms with Crippen LogP contribution in [0, 0.1) is 5.92 Å². The summed E-state index contributed by atoms with van der Waals surface area (Å²) >= 11 is 0. The number of benzene rings is 2. The first-order chi connectivity index (χ1) is 19.7. The summed E-state index contributed by atoms with van der Waals surface area (Å²) in [5, 5.41) is 10.1. The van der Waals surface area contributed by atoms with Crippen LogP contribution in [0.4, 0.5) is 5.69 Å².